The number of nitrogens with one attached hydrogen (secondary N) is 2. The minimum absolute atomic E-state index is 0.128. The number of rotatable bonds is 5. The molecular weight excluding hydrogens is 332 g/mol. The predicted molar refractivity (Wildman–Crippen MR) is 99.7 cm³/mol. The lowest BCUT2D eigenvalue weighted by atomic mass is 10.00. The van der Waals surface area contributed by atoms with Crippen molar-refractivity contribution in [2.75, 3.05) is 19.6 Å². The molecule has 4 rings (SSSR count). The Hall–Kier alpha value is -2.44. The summed E-state index contributed by atoms with van der Waals surface area (Å²) < 4.78 is 0. The first-order valence-electron chi connectivity index (χ1n) is 8.46. The minimum atomic E-state index is -0.128. The van der Waals surface area contributed by atoms with Gasteiger partial charge >= 0.3 is 0 Å². The van der Waals surface area contributed by atoms with E-state index >= 15 is 0 Å². The van der Waals surface area contributed by atoms with E-state index in [2.05, 4.69) is 44.7 Å². The second-order valence-electron chi connectivity index (χ2n) is 6.19. The molecule has 128 valence electrons. The summed E-state index contributed by atoms with van der Waals surface area (Å²) in [6.45, 7) is 3.47. The summed E-state index contributed by atoms with van der Waals surface area (Å²) in [4.78, 5) is 15.7. The third-order valence-corrected chi connectivity index (χ3v) is 5.42. The second-order valence-corrected chi connectivity index (χ2v) is 7.14. The van der Waals surface area contributed by atoms with Gasteiger partial charge in [0.25, 0.3) is 5.91 Å². The number of benzene rings is 1. The van der Waals surface area contributed by atoms with Crippen LogP contribution in [-0.2, 0) is 13.0 Å². The molecule has 6 heteroatoms. The predicted octanol–water partition coefficient (Wildman–Crippen LogP) is 2.93. The Morgan fingerprint density at radius 2 is 2.12 bits per heavy atom. The lowest BCUT2D eigenvalue weighted by molar-refractivity contribution is 0.0942. The van der Waals surface area contributed by atoms with Crippen molar-refractivity contribution in [1.29, 1.82) is 0 Å². The van der Waals surface area contributed by atoms with Gasteiger partial charge in [-0.1, -0.05) is 30.3 Å². The Morgan fingerprint density at radius 1 is 1.24 bits per heavy atom. The molecule has 0 unspecified atom stereocenters. The molecule has 0 bridgehead atoms. The first-order chi connectivity index (χ1) is 12.3. The first-order valence-corrected chi connectivity index (χ1v) is 9.34. The van der Waals surface area contributed by atoms with Crippen LogP contribution in [0.1, 0.15) is 21.6 Å². The normalized spacial score (nSPS) is 14.2. The number of H-pyrrole nitrogens is 1. The lowest BCUT2D eigenvalue weighted by Gasteiger charge is -2.28. The highest BCUT2D eigenvalue weighted by atomic mass is 32.1. The molecule has 3 heterocycles. The van der Waals surface area contributed by atoms with Crippen molar-refractivity contribution in [3.63, 3.8) is 0 Å². The molecule has 5 nitrogen and oxygen atoms in total. The van der Waals surface area contributed by atoms with Crippen molar-refractivity contribution < 1.29 is 4.79 Å². The van der Waals surface area contributed by atoms with E-state index in [0.29, 0.717) is 12.2 Å². The van der Waals surface area contributed by atoms with Crippen LogP contribution >= 0.6 is 11.3 Å². The van der Waals surface area contributed by atoms with Crippen molar-refractivity contribution >= 4 is 17.2 Å². The van der Waals surface area contributed by atoms with E-state index < -0.39 is 0 Å². The molecule has 0 aliphatic carbocycles. The third kappa shape index (κ3) is 3.65. The fraction of sp³-hybridized carbons (Fsp3) is 0.263. The number of fused-ring (bicyclic) bond motifs is 1. The molecule has 3 aromatic rings. The molecule has 1 aromatic carbocycles. The van der Waals surface area contributed by atoms with Gasteiger partial charge in [0.1, 0.15) is 0 Å². The van der Waals surface area contributed by atoms with E-state index in [1.807, 2.05) is 17.5 Å². The van der Waals surface area contributed by atoms with Gasteiger partial charge in [-0.3, -0.25) is 14.8 Å². The van der Waals surface area contributed by atoms with Crippen molar-refractivity contribution in [2.45, 2.75) is 13.0 Å². The van der Waals surface area contributed by atoms with Gasteiger partial charge in [-0.05, 0) is 35.1 Å². The highest BCUT2D eigenvalue weighted by Crippen LogP contribution is 2.23. The third-order valence-electron chi connectivity index (χ3n) is 4.52. The Kier molecular flexibility index (Phi) is 4.63. The number of nitrogens with zero attached hydrogens (tertiary/aromatic N) is 2. The molecule has 0 spiro atoms. The SMILES string of the molecule is O=C(NCCN1CCc2ccccc2C1)c1cc(-c2cccs2)[nH]n1. The van der Waals surface area contributed by atoms with Crippen molar-refractivity contribution in [1.82, 2.24) is 20.4 Å². The number of aromatic amines is 1. The van der Waals surface area contributed by atoms with Gasteiger partial charge in [0.2, 0.25) is 0 Å². The van der Waals surface area contributed by atoms with Gasteiger partial charge in [0, 0.05) is 26.2 Å². The fourth-order valence-corrected chi connectivity index (χ4v) is 3.85. The fourth-order valence-electron chi connectivity index (χ4n) is 3.16. The van der Waals surface area contributed by atoms with Gasteiger partial charge in [-0.15, -0.1) is 11.3 Å². The van der Waals surface area contributed by atoms with Crippen molar-refractivity contribution in [3.05, 3.63) is 64.7 Å². The van der Waals surface area contributed by atoms with Crippen LogP contribution in [0.15, 0.2) is 47.8 Å². The van der Waals surface area contributed by atoms with Gasteiger partial charge in [-0.2, -0.15) is 5.10 Å². The number of aromatic nitrogens is 2. The average Bonchev–Trinajstić information content (AvgIpc) is 3.33. The highest BCUT2D eigenvalue weighted by Gasteiger charge is 2.16. The van der Waals surface area contributed by atoms with Crippen LogP contribution in [0.5, 0.6) is 0 Å². The molecule has 0 saturated heterocycles. The summed E-state index contributed by atoms with van der Waals surface area (Å²) in [5, 5.41) is 12.0. The number of hydrogen-bond acceptors (Lipinski definition) is 4. The molecule has 1 amide bonds. The number of carbonyl (C=O) groups is 1. The van der Waals surface area contributed by atoms with E-state index in [9.17, 15) is 4.79 Å². The molecule has 1 aliphatic rings. The summed E-state index contributed by atoms with van der Waals surface area (Å²) in [7, 11) is 0. The van der Waals surface area contributed by atoms with E-state index in [1.54, 1.807) is 17.4 Å². The smallest absolute Gasteiger partial charge is 0.271 e. The molecule has 0 fully saturated rings. The Balaban J connectivity index is 1.28. The van der Waals surface area contributed by atoms with Crippen LogP contribution < -0.4 is 5.32 Å². The second kappa shape index (κ2) is 7.21. The maximum Gasteiger partial charge on any atom is 0.271 e. The Bertz CT molecular complexity index is 856. The van der Waals surface area contributed by atoms with Crippen molar-refractivity contribution in [2.24, 2.45) is 0 Å². The zero-order chi connectivity index (χ0) is 17.1. The summed E-state index contributed by atoms with van der Waals surface area (Å²) in [5.74, 6) is -0.128. The summed E-state index contributed by atoms with van der Waals surface area (Å²) >= 11 is 1.62. The molecule has 2 N–H and O–H groups in total. The maximum absolute atomic E-state index is 12.3. The summed E-state index contributed by atoms with van der Waals surface area (Å²) in [6, 6.07) is 14.4. The number of thiophene rings is 1. The number of amides is 1. The topological polar surface area (TPSA) is 61.0 Å². The van der Waals surface area contributed by atoms with Crippen LogP contribution in [0.4, 0.5) is 0 Å². The van der Waals surface area contributed by atoms with Crippen LogP contribution in [0, 0.1) is 0 Å². The van der Waals surface area contributed by atoms with E-state index in [4.69, 9.17) is 0 Å². The maximum atomic E-state index is 12.3. The van der Waals surface area contributed by atoms with Crippen LogP contribution in [-0.4, -0.2) is 40.6 Å². The molecule has 0 atom stereocenters. The minimum Gasteiger partial charge on any atom is -0.349 e. The molecule has 1 aliphatic heterocycles. The number of hydrogen-bond donors (Lipinski definition) is 2. The number of carbonyl (C=O) groups excluding carboxylic acids is 1. The van der Waals surface area contributed by atoms with Crippen LogP contribution in [0.25, 0.3) is 10.6 Å². The van der Waals surface area contributed by atoms with E-state index in [1.165, 1.54) is 11.1 Å². The molecule has 0 saturated carbocycles. The quantitative estimate of drug-likeness (QED) is 0.742. The van der Waals surface area contributed by atoms with Crippen LogP contribution in [0.2, 0.25) is 0 Å². The monoisotopic (exact) mass is 352 g/mol. The van der Waals surface area contributed by atoms with E-state index in [0.717, 1.165) is 36.6 Å². The average molecular weight is 352 g/mol. The molecule has 25 heavy (non-hydrogen) atoms. The van der Waals surface area contributed by atoms with Gasteiger partial charge in [0.05, 0.1) is 10.6 Å². The largest absolute Gasteiger partial charge is 0.349 e. The zero-order valence-electron chi connectivity index (χ0n) is 13.9. The first kappa shape index (κ1) is 16.1. The highest BCUT2D eigenvalue weighted by molar-refractivity contribution is 7.13. The molecule has 2 aromatic heterocycles. The summed E-state index contributed by atoms with van der Waals surface area (Å²) in [5.41, 5.74) is 4.16. The van der Waals surface area contributed by atoms with Gasteiger partial charge in [0.15, 0.2) is 5.69 Å². The van der Waals surface area contributed by atoms with Crippen LogP contribution in [0.3, 0.4) is 0 Å². The van der Waals surface area contributed by atoms with Crippen molar-refractivity contribution in [3.8, 4) is 10.6 Å². The molecule has 0 radical (unpaired) electrons. The zero-order valence-corrected chi connectivity index (χ0v) is 14.7. The van der Waals surface area contributed by atoms with E-state index in [-0.39, 0.29) is 5.91 Å². The summed E-state index contributed by atoms with van der Waals surface area (Å²) in [6.07, 6.45) is 1.08. The Morgan fingerprint density at radius 3 is 2.96 bits per heavy atom. The standard InChI is InChI=1S/C19H20N4OS/c24-19(17-12-16(21-22-17)18-6-3-11-25-18)20-8-10-23-9-7-14-4-1-2-5-15(14)13-23/h1-6,11-12H,7-10,13H2,(H,20,24)(H,21,22). The van der Waals surface area contributed by atoms with Gasteiger partial charge < -0.3 is 5.32 Å². The Labute approximate surface area is 150 Å². The lowest BCUT2D eigenvalue weighted by Crippen LogP contribution is -2.37. The molecular formula is C19H20N4OS. The van der Waals surface area contributed by atoms with Gasteiger partial charge in [-0.25, -0.2) is 0 Å².